The number of benzene rings is 2. The lowest BCUT2D eigenvalue weighted by Crippen LogP contribution is -2.41. The van der Waals surface area contributed by atoms with Crippen molar-refractivity contribution in [2.75, 3.05) is 0 Å². The van der Waals surface area contributed by atoms with Crippen LogP contribution in [0, 0.1) is 0 Å². The molecule has 0 bridgehead atoms. The van der Waals surface area contributed by atoms with E-state index in [9.17, 15) is 4.79 Å². The highest BCUT2D eigenvalue weighted by Gasteiger charge is 2.51. The largest absolute Gasteiger partial charge is 0.494 e. The van der Waals surface area contributed by atoms with Crippen molar-refractivity contribution in [2.45, 2.75) is 38.9 Å². The predicted molar refractivity (Wildman–Crippen MR) is 93.6 cm³/mol. The molecule has 3 rings (SSSR count). The summed E-state index contributed by atoms with van der Waals surface area (Å²) in [6.45, 7) is 8.02. The first-order chi connectivity index (χ1) is 11.3. The average Bonchev–Trinajstić information content (AvgIpc) is 2.76. The van der Waals surface area contributed by atoms with Crippen LogP contribution < -0.4 is 10.2 Å². The Labute approximate surface area is 142 Å². The van der Waals surface area contributed by atoms with Crippen LogP contribution in [-0.2, 0) is 9.31 Å². The second-order valence-electron chi connectivity index (χ2n) is 6.92. The Morgan fingerprint density at radius 1 is 0.917 bits per heavy atom. The first-order valence-electron chi connectivity index (χ1n) is 8.01. The highest BCUT2D eigenvalue weighted by Crippen LogP contribution is 2.36. The van der Waals surface area contributed by atoms with Crippen molar-refractivity contribution in [1.82, 2.24) is 0 Å². The quantitative estimate of drug-likeness (QED) is 0.494. The van der Waals surface area contributed by atoms with Gasteiger partial charge in [0.25, 0.3) is 0 Å². The maximum atomic E-state index is 12.2. The molecule has 0 aromatic heterocycles. The third-order valence-electron chi connectivity index (χ3n) is 4.60. The third-order valence-corrected chi connectivity index (χ3v) is 4.60. The fourth-order valence-electron chi connectivity index (χ4n) is 2.44. The van der Waals surface area contributed by atoms with Crippen molar-refractivity contribution in [3.63, 3.8) is 0 Å². The zero-order valence-corrected chi connectivity index (χ0v) is 14.4. The molecule has 0 N–H and O–H groups in total. The van der Waals surface area contributed by atoms with Gasteiger partial charge in [0, 0.05) is 0 Å². The van der Waals surface area contributed by atoms with Gasteiger partial charge in [0.05, 0.1) is 16.8 Å². The van der Waals surface area contributed by atoms with Crippen molar-refractivity contribution in [2.24, 2.45) is 0 Å². The molecule has 5 heteroatoms. The molecular formula is C19H21BO4. The summed E-state index contributed by atoms with van der Waals surface area (Å²) < 4.78 is 17.5. The Kier molecular flexibility index (Phi) is 4.24. The summed E-state index contributed by atoms with van der Waals surface area (Å²) in [6.07, 6.45) is 0. The molecule has 0 atom stereocenters. The van der Waals surface area contributed by atoms with Crippen LogP contribution in [0.4, 0.5) is 0 Å². The van der Waals surface area contributed by atoms with Crippen molar-refractivity contribution in [1.29, 1.82) is 0 Å². The van der Waals surface area contributed by atoms with Gasteiger partial charge in [-0.25, -0.2) is 4.79 Å². The van der Waals surface area contributed by atoms with E-state index in [4.69, 9.17) is 14.0 Å². The molecule has 0 radical (unpaired) electrons. The maximum Gasteiger partial charge on any atom is 0.494 e. The van der Waals surface area contributed by atoms with Crippen LogP contribution in [0.15, 0.2) is 54.6 Å². The van der Waals surface area contributed by atoms with Crippen molar-refractivity contribution >= 4 is 18.6 Å². The molecule has 2 aromatic carbocycles. The van der Waals surface area contributed by atoms with Crippen molar-refractivity contribution in [3.05, 3.63) is 60.2 Å². The van der Waals surface area contributed by atoms with E-state index in [0.717, 1.165) is 5.46 Å². The number of carbonyl (C=O) groups excluding carboxylic acids is 1. The molecule has 0 spiro atoms. The third kappa shape index (κ3) is 3.23. The monoisotopic (exact) mass is 324 g/mol. The second kappa shape index (κ2) is 6.08. The Hall–Kier alpha value is -2.11. The van der Waals surface area contributed by atoms with E-state index in [1.165, 1.54) is 0 Å². The summed E-state index contributed by atoms with van der Waals surface area (Å²) in [4.78, 5) is 12.2. The van der Waals surface area contributed by atoms with E-state index < -0.39 is 18.3 Å². The van der Waals surface area contributed by atoms with E-state index in [1.807, 2.05) is 45.9 Å². The first kappa shape index (κ1) is 16.7. The van der Waals surface area contributed by atoms with Gasteiger partial charge >= 0.3 is 13.1 Å². The topological polar surface area (TPSA) is 44.8 Å². The summed E-state index contributed by atoms with van der Waals surface area (Å²) in [7, 11) is -0.481. The van der Waals surface area contributed by atoms with E-state index in [-0.39, 0.29) is 5.97 Å². The lowest BCUT2D eigenvalue weighted by molar-refractivity contribution is 0.00578. The van der Waals surface area contributed by atoms with Crippen molar-refractivity contribution in [3.8, 4) is 5.75 Å². The lowest BCUT2D eigenvalue weighted by Gasteiger charge is -2.32. The van der Waals surface area contributed by atoms with Gasteiger partial charge in [-0.1, -0.05) is 30.3 Å². The van der Waals surface area contributed by atoms with E-state index in [0.29, 0.717) is 11.3 Å². The summed E-state index contributed by atoms with van der Waals surface area (Å²) in [5.41, 5.74) is 0.522. The second-order valence-corrected chi connectivity index (χ2v) is 6.92. The molecule has 1 aliphatic rings. The van der Waals surface area contributed by atoms with Gasteiger partial charge in [-0.3, -0.25) is 0 Å². The zero-order chi connectivity index (χ0) is 17.4. The smallest absolute Gasteiger partial charge is 0.423 e. The molecule has 0 unspecified atom stereocenters. The summed E-state index contributed by atoms with van der Waals surface area (Å²) in [5.74, 6) is 0.0812. The average molecular weight is 324 g/mol. The van der Waals surface area contributed by atoms with Crippen LogP contribution in [-0.4, -0.2) is 24.3 Å². The molecule has 124 valence electrons. The van der Waals surface area contributed by atoms with E-state index in [2.05, 4.69) is 0 Å². The van der Waals surface area contributed by atoms with Gasteiger partial charge < -0.3 is 14.0 Å². The lowest BCUT2D eigenvalue weighted by atomic mass is 9.79. The van der Waals surface area contributed by atoms with Gasteiger partial charge in [0.1, 0.15) is 5.75 Å². The molecule has 0 amide bonds. The highest BCUT2D eigenvalue weighted by atomic mass is 16.7. The summed E-state index contributed by atoms with van der Waals surface area (Å²) >= 11 is 0. The van der Waals surface area contributed by atoms with Crippen molar-refractivity contribution < 1.29 is 18.8 Å². The number of ether oxygens (including phenoxy) is 1. The van der Waals surface area contributed by atoms with Gasteiger partial charge in [-0.15, -0.1) is 0 Å². The number of esters is 1. The maximum absolute atomic E-state index is 12.2. The van der Waals surface area contributed by atoms with Gasteiger partial charge in [-0.05, 0) is 57.4 Å². The number of hydrogen-bond donors (Lipinski definition) is 0. The standard InChI is InChI=1S/C19H21BO4/c1-18(2)19(3,4)24-20(23-18)15-11-8-12-16(13-15)22-17(21)14-9-6-5-7-10-14/h5-13H,1-4H3. The van der Waals surface area contributed by atoms with Gasteiger partial charge in [0.2, 0.25) is 0 Å². The minimum Gasteiger partial charge on any atom is -0.423 e. The van der Waals surface area contributed by atoms with Crippen LogP contribution in [0.5, 0.6) is 5.75 Å². The molecule has 4 nitrogen and oxygen atoms in total. The molecule has 1 fully saturated rings. The highest BCUT2D eigenvalue weighted by molar-refractivity contribution is 6.62. The van der Waals surface area contributed by atoms with Crippen LogP contribution >= 0.6 is 0 Å². The van der Waals surface area contributed by atoms with E-state index >= 15 is 0 Å². The molecule has 2 aromatic rings. The normalized spacial score (nSPS) is 18.4. The number of carbonyl (C=O) groups is 1. The van der Waals surface area contributed by atoms with Crippen LogP contribution in [0.3, 0.4) is 0 Å². The molecular weight excluding hydrogens is 303 g/mol. The van der Waals surface area contributed by atoms with Crippen LogP contribution in [0.2, 0.25) is 0 Å². The Morgan fingerprint density at radius 2 is 1.54 bits per heavy atom. The molecule has 0 aliphatic carbocycles. The minimum absolute atomic E-state index is 0.387. The molecule has 0 saturated carbocycles. The Morgan fingerprint density at radius 3 is 2.17 bits per heavy atom. The predicted octanol–water partition coefficient (Wildman–Crippen LogP) is 3.21. The summed E-state index contributed by atoms with van der Waals surface area (Å²) in [5, 5.41) is 0. The SMILES string of the molecule is CC1(C)OB(c2cccc(OC(=O)c3ccccc3)c2)OC1(C)C. The molecule has 1 aliphatic heterocycles. The molecule has 1 saturated heterocycles. The zero-order valence-electron chi connectivity index (χ0n) is 14.4. The number of hydrogen-bond acceptors (Lipinski definition) is 4. The van der Waals surface area contributed by atoms with Crippen LogP contribution in [0.1, 0.15) is 38.1 Å². The molecule has 1 heterocycles. The molecule has 24 heavy (non-hydrogen) atoms. The van der Waals surface area contributed by atoms with Gasteiger partial charge in [-0.2, -0.15) is 0 Å². The van der Waals surface area contributed by atoms with Crippen LogP contribution in [0.25, 0.3) is 0 Å². The Balaban J connectivity index is 1.77. The van der Waals surface area contributed by atoms with Gasteiger partial charge in [0.15, 0.2) is 0 Å². The fourth-order valence-corrected chi connectivity index (χ4v) is 2.44. The van der Waals surface area contributed by atoms with E-state index in [1.54, 1.807) is 36.4 Å². The first-order valence-corrected chi connectivity index (χ1v) is 8.01. The minimum atomic E-state index is -0.481. The Bertz CT molecular complexity index is 724. The summed E-state index contributed by atoms with van der Waals surface area (Å²) in [6, 6.07) is 16.2. The number of rotatable bonds is 3. The fraction of sp³-hybridized carbons (Fsp3) is 0.316.